The molecule has 2 heterocycles. The van der Waals surface area contributed by atoms with Crippen molar-refractivity contribution in [2.45, 2.75) is 12.8 Å². The molecule has 1 aromatic heterocycles. The van der Waals surface area contributed by atoms with Crippen molar-refractivity contribution in [2.75, 3.05) is 20.2 Å². The zero-order valence-electron chi connectivity index (χ0n) is 16.2. The number of rotatable bonds is 4. The number of carbonyl (C=O) groups excluding carboxylic acids is 1. The second-order valence-corrected chi connectivity index (χ2v) is 8.06. The maximum Gasteiger partial charge on any atom is 0.263 e. The van der Waals surface area contributed by atoms with E-state index in [2.05, 4.69) is 0 Å². The molecule has 0 unspecified atom stereocenters. The van der Waals surface area contributed by atoms with Crippen LogP contribution < -0.4 is 4.74 Å². The van der Waals surface area contributed by atoms with Crippen LogP contribution in [0.1, 0.15) is 28.1 Å². The molecule has 3 aromatic rings. The largest absolute Gasteiger partial charge is 0.494 e. The summed E-state index contributed by atoms with van der Waals surface area (Å²) in [6.45, 7) is 1.42. The lowest BCUT2D eigenvalue weighted by molar-refractivity contribution is 0.0797. The number of hydrogen-bond acceptors (Lipinski definition) is 4. The van der Waals surface area contributed by atoms with Crippen LogP contribution in [0.2, 0.25) is 0 Å². The van der Waals surface area contributed by atoms with E-state index in [1.165, 1.54) is 42.7 Å². The molecule has 1 saturated heterocycles. The van der Waals surface area contributed by atoms with E-state index >= 15 is 0 Å². The Hall–Kier alpha value is -3.24. The molecule has 1 aliphatic rings. The van der Waals surface area contributed by atoms with Crippen LogP contribution in [0.3, 0.4) is 0 Å². The molecule has 4 nitrogen and oxygen atoms in total. The summed E-state index contributed by atoms with van der Waals surface area (Å²) in [5, 5.41) is 9.00. The first-order chi connectivity index (χ1) is 14.5. The quantitative estimate of drug-likeness (QED) is 0.558. The van der Waals surface area contributed by atoms with Gasteiger partial charge in [-0.3, -0.25) is 4.79 Å². The Labute approximate surface area is 176 Å². The molecule has 1 aliphatic heterocycles. The molecule has 2 aromatic carbocycles. The second-order valence-electron chi connectivity index (χ2n) is 7.01. The van der Waals surface area contributed by atoms with E-state index in [4.69, 9.17) is 10.00 Å². The van der Waals surface area contributed by atoms with Crippen molar-refractivity contribution in [1.82, 2.24) is 4.90 Å². The van der Waals surface area contributed by atoms with Crippen molar-refractivity contribution >= 4 is 17.2 Å². The van der Waals surface area contributed by atoms with Crippen molar-refractivity contribution in [1.29, 1.82) is 5.26 Å². The van der Waals surface area contributed by atoms with Gasteiger partial charge in [-0.25, -0.2) is 8.78 Å². The van der Waals surface area contributed by atoms with Gasteiger partial charge in [-0.15, -0.1) is 11.3 Å². The topological polar surface area (TPSA) is 53.3 Å². The minimum absolute atomic E-state index is 0.0561. The Bertz CT molecular complexity index is 1160. The minimum atomic E-state index is -0.638. The SMILES string of the molecule is COc1ccc(-c2sc(C(=O)N3CCCC3)cc2-c2ccc(C#N)c(F)c2)cc1F. The van der Waals surface area contributed by atoms with E-state index in [9.17, 15) is 13.6 Å². The standard InChI is InChI=1S/C23H18F2N2O2S/c1-29-20-7-6-15(11-19(20)25)22-17(14-4-5-16(13-26)18(24)10-14)12-21(30-22)23(28)27-8-2-3-9-27/h4-7,10-12H,2-3,8-9H2,1H3. The van der Waals surface area contributed by atoms with E-state index in [-0.39, 0.29) is 17.2 Å². The number of thiophene rings is 1. The van der Waals surface area contributed by atoms with Gasteiger partial charge in [-0.05, 0) is 60.4 Å². The van der Waals surface area contributed by atoms with Crippen LogP contribution >= 0.6 is 11.3 Å². The highest BCUT2D eigenvalue weighted by Gasteiger charge is 2.24. The molecule has 4 rings (SSSR count). The zero-order chi connectivity index (χ0) is 21.3. The highest BCUT2D eigenvalue weighted by atomic mass is 32.1. The van der Waals surface area contributed by atoms with Crippen LogP contribution in [-0.2, 0) is 0 Å². The molecule has 0 bridgehead atoms. The maximum atomic E-state index is 14.4. The van der Waals surface area contributed by atoms with E-state index < -0.39 is 11.6 Å². The smallest absolute Gasteiger partial charge is 0.263 e. The second kappa shape index (κ2) is 8.25. The molecule has 30 heavy (non-hydrogen) atoms. The van der Waals surface area contributed by atoms with E-state index in [0.29, 0.717) is 39.5 Å². The molecule has 1 amide bonds. The molecule has 7 heteroatoms. The number of nitriles is 1. The van der Waals surface area contributed by atoms with Gasteiger partial charge >= 0.3 is 0 Å². The van der Waals surface area contributed by atoms with Gasteiger partial charge in [0.15, 0.2) is 11.6 Å². The number of methoxy groups -OCH3 is 1. The first-order valence-electron chi connectivity index (χ1n) is 9.49. The predicted molar refractivity (Wildman–Crippen MR) is 112 cm³/mol. The summed E-state index contributed by atoms with van der Waals surface area (Å²) < 4.78 is 33.6. The van der Waals surface area contributed by atoms with Crippen LogP contribution in [0.25, 0.3) is 21.6 Å². The fourth-order valence-electron chi connectivity index (χ4n) is 3.58. The lowest BCUT2D eigenvalue weighted by atomic mass is 10.0. The molecule has 152 valence electrons. The van der Waals surface area contributed by atoms with Crippen molar-refractivity contribution in [3.63, 3.8) is 0 Å². The van der Waals surface area contributed by atoms with Crippen molar-refractivity contribution in [3.8, 4) is 33.4 Å². The van der Waals surface area contributed by atoms with Gasteiger partial charge in [0.25, 0.3) is 5.91 Å². The van der Waals surface area contributed by atoms with Crippen LogP contribution in [0.15, 0.2) is 42.5 Å². The molecule has 0 spiro atoms. The van der Waals surface area contributed by atoms with Gasteiger partial charge in [0.05, 0.1) is 17.6 Å². The number of ether oxygens (including phenoxy) is 1. The van der Waals surface area contributed by atoms with Gasteiger partial charge in [0, 0.05) is 23.5 Å². The summed E-state index contributed by atoms with van der Waals surface area (Å²) in [7, 11) is 1.39. The summed E-state index contributed by atoms with van der Waals surface area (Å²) in [4.78, 5) is 15.9. The Morgan fingerprint density at radius 2 is 1.77 bits per heavy atom. The highest BCUT2D eigenvalue weighted by Crippen LogP contribution is 2.41. The Kier molecular flexibility index (Phi) is 5.51. The third-order valence-corrected chi connectivity index (χ3v) is 6.32. The predicted octanol–water partition coefficient (Wildman–Crippen LogP) is 5.48. The fraction of sp³-hybridized carbons (Fsp3) is 0.217. The first kappa shape index (κ1) is 20.0. The van der Waals surface area contributed by atoms with E-state index in [0.717, 1.165) is 12.8 Å². The highest BCUT2D eigenvalue weighted by molar-refractivity contribution is 7.18. The third kappa shape index (κ3) is 3.66. The van der Waals surface area contributed by atoms with Crippen LogP contribution in [-0.4, -0.2) is 31.0 Å². The van der Waals surface area contributed by atoms with E-state index in [1.807, 2.05) is 0 Å². The number of likely N-dealkylation sites (tertiary alicyclic amines) is 1. The zero-order valence-corrected chi connectivity index (χ0v) is 17.1. The molecular weight excluding hydrogens is 406 g/mol. The van der Waals surface area contributed by atoms with Gasteiger partial charge in [0.2, 0.25) is 0 Å². The van der Waals surface area contributed by atoms with Crippen LogP contribution in [0.4, 0.5) is 8.78 Å². The average Bonchev–Trinajstić information content (AvgIpc) is 3.43. The van der Waals surface area contributed by atoms with Gasteiger partial charge in [-0.2, -0.15) is 5.26 Å². The van der Waals surface area contributed by atoms with Crippen molar-refractivity contribution in [3.05, 3.63) is 64.5 Å². The Morgan fingerprint density at radius 1 is 1.07 bits per heavy atom. The summed E-state index contributed by atoms with van der Waals surface area (Å²) in [5.74, 6) is -1.11. The monoisotopic (exact) mass is 424 g/mol. The summed E-state index contributed by atoms with van der Waals surface area (Å²) in [5.41, 5.74) is 1.66. The normalized spacial score (nSPS) is 13.3. The molecule has 0 radical (unpaired) electrons. The number of carbonyl (C=O) groups is 1. The number of halogens is 2. The lowest BCUT2D eigenvalue weighted by Gasteiger charge is -2.13. The maximum absolute atomic E-state index is 14.4. The van der Waals surface area contributed by atoms with Crippen LogP contribution in [0, 0.1) is 23.0 Å². The van der Waals surface area contributed by atoms with Gasteiger partial charge in [0.1, 0.15) is 11.9 Å². The van der Waals surface area contributed by atoms with Crippen molar-refractivity contribution < 1.29 is 18.3 Å². The van der Waals surface area contributed by atoms with E-state index in [1.54, 1.807) is 29.2 Å². The minimum Gasteiger partial charge on any atom is -0.494 e. The lowest BCUT2D eigenvalue weighted by Crippen LogP contribution is -2.26. The fourth-order valence-corrected chi connectivity index (χ4v) is 4.73. The Balaban J connectivity index is 1.84. The molecule has 1 fully saturated rings. The summed E-state index contributed by atoms with van der Waals surface area (Å²) >= 11 is 1.25. The Morgan fingerprint density at radius 3 is 2.40 bits per heavy atom. The number of amides is 1. The van der Waals surface area contributed by atoms with Crippen molar-refractivity contribution in [2.24, 2.45) is 0 Å². The molecule has 0 aliphatic carbocycles. The molecule has 0 saturated carbocycles. The third-order valence-electron chi connectivity index (χ3n) is 5.15. The van der Waals surface area contributed by atoms with Gasteiger partial charge in [-0.1, -0.05) is 6.07 Å². The molecule has 0 atom stereocenters. The summed E-state index contributed by atoms with van der Waals surface area (Å²) in [6, 6.07) is 12.4. The molecular formula is C23H18F2N2O2S. The first-order valence-corrected chi connectivity index (χ1v) is 10.3. The summed E-state index contributed by atoms with van der Waals surface area (Å²) in [6.07, 6.45) is 1.95. The average molecular weight is 424 g/mol. The number of benzene rings is 2. The van der Waals surface area contributed by atoms with Crippen LogP contribution in [0.5, 0.6) is 5.75 Å². The number of hydrogen-bond donors (Lipinski definition) is 0. The molecule has 0 N–H and O–H groups in total. The number of nitrogens with zero attached hydrogens (tertiary/aromatic N) is 2. The van der Waals surface area contributed by atoms with Gasteiger partial charge < -0.3 is 9.64 Å².